The molecular formula is C28H39N5O8. The highest BCUT2D eigenvalue weighted by molar-refractivity contribution is 5.94. The van der Waals surface area contributed by atoms with Gasteiger partial charge in [-0.05, 0) is 68.1 Å². The number of nitrogens with one attached hydrogen (secondary N) is 3. The van der Waals surface area contributed by atoms with Crippen LogP contribution in [0.2, 0.25) is 0 Å². The molecule has 5 unspecified atom stereocenters. The summed E-state index contributed by atoms with van der Waals surface area (Å²) in [5.41, 5.74) is 12.4. The second-order valence-electron chi connectivity index (χ2n) is 9.81. The smallest absolute Gasteiger partial charge is 0.326 e. The lowest BCUT2D eigenvalue weighted by Gasteiger charge is -2.26. The van der Waals surface area contributed by atoms with Crippen LogP contribution in [0, 0.1) is 0 Å². The minimum absolute atomic E-state index is 0.00000471. The molecular weight excluding hydrogens is 534 g/mol. The number of carbonyl (C=O) groups excluding carboxylic acids is 3. The Morgan fingerprint density at radius 2 is 1.15 bits per heavy atom. The summed E-state index contributed by atoms with van der Waals surface area (Å²) in [6.45, 7) is 1.69. The molecule has 0 saturated heterocycles. The molecule has 0 aromatic heterocycles. The Balaban J connectivity index is 2.32. The second kappa shape index (κ2) is 16.2. The highest BCUT2D eigenvalue weighted by Crippen LogP contribution is 2.14. The van der Waals surface area contributed by atoms with Gasteiger partial charge in [0.15, 0.2) is 0 Å². The molecule has 0 spiro atoms. The van der Waals surface area contributed by atoms with Crippen LogP contribution in [0.15, 0.2) is 48.5 Å². The van der Waals surface area contributed by atoms with Crippen LogP contribution < -0.4 is 27.4 Å². The number of aliphatic hydroxyl groups excluding tert-OH is 1. The van der Waals surface area contributed by atoms with E-state index in [1.54, 1.807) is 24.3 Å². The van der Waals surface area contributed by atoms with Crippen molar-refractivity contribution in [1.29, 1.82) is 0 Å². The van der Waals surface area contributed by atoms with Crippen LogP contribution in [0.1, 0.15) is 37.3 Å². The Hall–Kier alpha value is -4.20. The highest BCUT2D eigenvalue weighted by Gasteiger charge is 2.31. The standard InChI is InChI=1S/C28H39N5O8/c1-16(34)24(30)27(39)33-23(15-18-7-11-20(36)12-8-18)26(38)32-22(14-17-5-9-19(35)10-6-17)25(37)31-21(28(40)41)4-2-3-13-29/h5-12,16,21-24,34-36H,2-4,13-15,29-30H2,1H3,(H,31,37)(H,32,38)(H,33,39)(H,40,41). The summed E-state index contributed by atoms with van der Waals surface area (Å²) in [6.07, 6.45) is -0.134. The lowest BCUT2D eigenvalue weighted by atomic mass is 10.0. The molecule has 0 saturated carbocycles. The maximum Gasteiger partial charge on any atom is 0.326 e. The van der Waals surface area contributed by atoms with Crippen LogP contribution in [-0.2, 0) is 32.0 Å². The molecule has 2 aromatic rings. The van der Waals surface area contributed by atoms with Gasteiger partial charge in [0.1, 0.15) is 35.7 Å². The van der Waals surface area contributed by atoms with Crippen molar-refractivity contribution in [3.63, 3.8) is 0 Å². The van der Waals surface area contributed by atoms with E-state index < -0.39 is 54.0 Å². The Morgan fingerprint density at radius 1 is 0.732 bits per heavy atom. The molecule has 13 nitrogen and oxygen atoms in total. The van der Waals surface area contributed by atoms with Gasteiger partial charge in [0.2, 0.25) is 17.7 Å². The molecule has 0 fully saturated rings. The molecule has 224 valence electrons. The van der Waals surface area contributed by atoms with Crippen LogP contribution in [0.3, 0.4) is 0 Å². The lowest BCUT2D eigenvalue weighted by Crippen LogP contribution is -2.59. The zero-order chi connectivity index (χ0) is 30.5. The number of carboxylic acids is 1. The first-order valence-electron chi connectivity index (χ1n) is 13.2. The van der Waals surface area contributed by atoms with E-state index in [0.29, 0.717) is 30.5 Å². The fourth-order valence-corrected chi connectivity index (χ4v) is 3.94. The van der Waals surface area contributed by atoms with Gasteiger partial charge in [-0.1, -0.05) is 24.3 Å². The zero-order valence-corrected chi connectivity index (χ0v) is 22.8. The number of amides is 3. The van der Waals surface area contributed by atoms with Gasteiger partial charge in [0.25, 0.3) is 0 Å². The maximum atomic E-state index is 13.5. The van der Waals surface area contributed by atoms with Crippen molar-refractivity contribution in [2.45, 2.75) is 69.3 Å². The number of hydrogen-bond acceptors (Lipinski definition) is 9. The molecule has 0 aliphatic carbocycles. The van der Waals surface area contributed by atoms with E-state index >= 15 is 0 Å². The van der Waals surface area contributed by atoms with Gasteiger partial charge in [-0.15, -0.1) is 0 Å². The Kier molecular flexibility index (Phi) is 13.0. The van der Waals surface area contributed by atoms with E-state index in [0.717, 1.165) is 0 Å². The van der Waals surface area contributed by atoms with E-state index in [1.807, 2.05) is 0 Å². The Labute approximate surface area is 237 Å². The zero-order valence-electron chi connectivity index (χ0n) is 22.8. The van der Waals surface area contributed by atoms with Crippen molar-refractivity contribution in [2.75, 3.05) is 6.54 Å². The number of benzene rings is 2. The van der Waals surface area contributed by atoms with Crippen molar-refractivity contribution >= 4 is 23.7 Å². The largest absolute Gasteiger partial charge is 0.508 e. The van der Waals surface area contributed by atoms with E-state index in [-0.39, 0.29) is 30.8 Å². The fourth-order valence-electron chi connectivity index (χ4n) is 3.94. The Morgan fingerprint density at radius 3 is 1.54 bits per heavy atom. The lowest BCUT2D eigenvalue weighted by molar-refractivity contribution is -0.142. The molecule has 2 aromatic carbocycles. The molecule has 0 radical (unpaired) electrons. The topological polar surface area (TPSA) is 237 Å². The number of nitrogens with two attached hydrogens (primary N) is 2. The van der Waals surface area contributed by atoms with Crippen LogP contribution in [0.5, 0.6) is 11.5 Å². The number of carbonyl (C=O) groups is 4. The normalized spacial score (nSPS) is 14.6. The van der Waals surface area contributed by atoms with Gasteiger partial charge < -0.3 is 47.8 Å². The number of rotatable bonds is 16. The molecule has 0 bridgehead atoms. The van der Waals surface area contributed by atoms with Gasteiger partial charge in [-0.3, -0.25) is 14.4 Å². The number of phenolic OH excluding ortho intramolecular Hbond substituents is 2. The summed E-state index contributed by atoms with van der Waals surface area (Å²) in [4.78, 5) is 51.2. The Bertz CT molecular complexity index is 1160. The number of carboxylic acid groups (broad SMARTS) is 1. The van der Waals surface area contributed by atoms with Crippen molar-refractivity contribution in [3.8, 4) is 11.5 Å². The summed E-state index contributed by atoms with van der Waals surface area (Å²) >= 11 is 0. The van der Waals surface area contributed by atoms with E-state index in [2.05, 4.69) is 16.0 Å². The summed E-state index contributed by atoms with van der Waals surface area (Å²) < 4.78 is 0. The highest BCUT2D eigenvalue weighted by atomic mass is 16.4. The molecule has 5 atom stereocenters. The number of aliphatic carboxylic acids is 1. The van der Waals surface area contributed by atoms with Crippen LogP contribution >= 0.6 is 0 Å². The number of hydrogen-bond donors (Lipinski definition) is 9. The average molecular weight is 574 g/mol. The third-order valence-corrected chi connectivity index (χ3v) is 6.40. The molecule has 11 N–H and O–H groups in total. The van der Waals surface area contributed by atoms with Crippen molar-refractivity contribution in [1.82, 2.24) is 16.0 Å². The summed E-state index contributed by atoms with van der Waals surface area (Å²) in [7, 11) is 0. The van der Waals surface area contributed by atoms with Crippen LogP contribution in [0.25, 0.3) is 0 Å². The molecule has 13 heteroatoms. The molecule has 0 heterocycles. The fraction of sp³-hybridized carbons (Fsp3) is 0.429. The van der Waals surface area contributed by atoms with Crippen molar-refractivity contribution < 1.29 is 39.6 Å². The predicted molar refractivity (Wildman–Crippen MR) is 150 cm³/mol. The first-order valence-corrected chi connectivity index (χ1v) is 13.2. The number of aliphatic hydroxyl groups is 1. The van der Waals surface area contributed by atoms with Gasteiger partial charge in [0.05, 0.1) is 6.10 Å². The molecule has 2 rings (SSSR count). The third-order valence-electron chi connectivity index (χ3n) is 6.40. The van der Waals surface area contributed by atoms with E-state index in [4.69, 9.17) is 11.5 Å². The van der Waals surface area contributed by atoms with E-state index in [9.17, 15) is 39.6 Å². The minimum Gasteiger partial charge on any atom is -0.508 e. The molecule has 41 heavy (non-hydrogen) atoms. The summed E-state index contributed by atoms with van der Waals surface area (Å²) in [6, 6.07) is 6.79. The van der Waals surface area contributed by atoms with Crippen molar-refractivity contribution in [2.24, 2.45) is 11.5 Å². The minimum atomic E-state index is -1.33. The van der Waals surface area contributed by atoms with Gasteiger partial charge in [-0.2, -0.15) is 0 Å². The van der Waals surface area contributed by atoms with Gasteiger partial charge in [0, 0.05) is 12.8 Å². The monoisotopic (exact) mass is 573 g/mol. The second-order valence-corrected chi connectivity index (χ2v) is 9.81. The van der Waals surface area contributed by atoms with Gasteiger partial charge >= 0.3 is 5.97 Å². The van der Waals surface area contributed by atoms with Gasteiger partial charge in [-0.25, -0.2) is 4.79 Å². The summed E-state index contributed by atoms with van der Waals surface area (Å²) in [5, 5.41) is 46.1. The molecule has 0 aliphatic heterocycles. The van der Waals surface area contributed by atoms with E-state index in [1.165, 1.54) is 31.2 Å². The summed E-state index contributed by atoms with van der Waals surface area (Å²) in [5.74, 6) is -3.57. The maximum absolute atomic E-state index is 13.5. The van der Waals surface area contributed by atoms with Crippen LogP contribution in [-0.4, -0.2) is 80.9 Å². The molecule has 0 aliphatic rings. The number of unbranched alkanes of at least 4 members (excludes halogenated alkanes) is 1. The predicted octanol–water partition coefficient (Wildman–Crippen LogP) is -0.741. The number of aromatic hydroxyl groups is 2. The first-order chi connectivity index (χ1) is 19.4. The third kappa shape index (κ3) is 11.1. The number of phenols is 2. The SMILES string of the molecule is CC(O)C(N)C(=O)NC(Cc1ccc(O)cc1)C(=O)NC(Cc1ccc(O)cc1)C(=O)NC(CCCCN)C(=O)O. The van der Waals surface area contributed by atoms with Crippen molar-refractivity contribution in [3.05, 3.63) is 59.7 Å². The van der Waals surface area contributed by atoms with Crippen LogP contribution in [0.4, 0.5) is 0 Å². The first kappa shape index (κ1) is 33.0. The molecule has 3 amide bonds. The quantitative estimate of drug-likeness (QED) is 0.114. The average Bonchev–Trinajstić information content (AvgIpc) is 2.93.